The average molecular weight is 390 g/mol. The third-order valence-electron chi connectivity index (χ3n) is 4.64. The maximum absolute atomic E-state index is 12.3. The Morgan fingerprint density at radius 1 is 0.964 bits per heavy atom. The van der Waals surface area contributed by atoms with Crippen LogP contribution in [0.2, 0.25) is 5.02 Å². The van der Waals surface area contributed by atoms with Crippen molar-refractivity contribution in [2.24, 2.45) is 0 Å². The van der Waals surface area contributed by atoms with Crippen LogP contribution in [0.1, 0.15) is 21.7 Å². The number of benzene rings is 3. The molecule has 3 aromatic carbocycles. The van der Waals surface area contributed by atoms with Crippen molar-refractivity contribution in [1.82, 2.24) is 14.9 Å². The predicted molar refractivity (Wildman–Crippen MR) is 113 cm³/mol. The third kappa shape index (κ3) is 4.07. The first-order chi connectivity index (χ1) is 13.7. The number of hydrogen-bond acceptors (Lipinski definition) is 2. The van der Waals surface area contributed by atoms with Crippen LogP contribution in [0.15, 0.2) is 78.9 Å². The fourth-order valence-corrected chi connectivity index (χ4v) is 3.47. The van der Waals surface area contributed by atoms with E-state index in [0.29, 0.717) is 23.6 Å². The molecule has 1 N–H and O–H groups in total. The summed E-state index contributed by atoms with van der Waals surface area (Å²) in [6.45, 7) is 1.25. The van der Waals surface area contributed by atoms with Gasteiger partial charge in [-0.1, -0.05) is 60.1 Å². The molecule has 0 saturated carbocycles. The predicted octanol–water partition coefficient (Wildman–Crippen LogP) is 4.71. The summed E-state index contributed by atoms with van der Waals surface area (Å²) < 4.78 is 2.22. The van der Waals surface area contributed by atoms with Gasteiger partial charge in [0.15, 0.2) is 0 Å². The molecule has 0 saturated heterocycles. The van der Waals surface area contributed by atoms with E-state index in [9.17, 15) is 4.79 Å². The molecule has 28 heavy (non-hydrogen) atoms. The minimum Gasteiger partial charge on any atom is -0.352 e. The van der Waals surface area contributed by atoms with Crippen LogP contribution < -0.4 is 5.32 Å². The van der Waals surface area contributed by atoms with Crippen molar-refractivity contribution in [3.63, 3.8) is 0 Å². The number of nitrogens with zero attached hydrogens (tertiary/aromatic N) is 2. The number of aromatic nitrogens is 2. The Morgan fingerprint density at radius 2 is 1.75 bits per heavy atom. The highest BCUT2D eigenvalue weighted by molar-refractivity contribution is 6.30. The first-order valence-electron chi connectivity index (χ1n) is 9.22. The quantitative estimate of drug-likeness (QED) is 0.519. The Kier molecular flexibility index (Phi) is 5.40. The van der Waals surface area contributed by atoms with E-state index in [2.05, 4.69) is 28.1 Å². The number of fused-ring (bicyclic) bond motifs is 1. The van der Waals surface area contributed by atoms with Crippen LogP contribution in [0.3, 0.4) is 0 Å². The van der Waals surface area contributed by atoms with Crippen LogP contribution in [0, 0.1) is 0 Å². The molecule has 1 heterocycles. The topological polar surface area (TPSA) is 46.9 Å². The monoisotopic (exact) mass is 389 g/mol. The Bertz CT molecular complexity index is 1110. The Morgan fingerprint density at radius 3 is 2.57 bits per heavy atom. The lowest BCUT2D eigenvalue weighted by molar-refractivity contribution is 0.0954. The number of imidazole rings is 1. The van der Waals surface area contributed by atoms with Gasteiger partial charge in [-0.2, -0.15) is 0 Å². The van der Waals surface area contributed by atoms with E-state index < -0.39 is 0 Å². The molecule has 4 aromatic rings. The van der Waals surface area contributed by atoms with Gasteiger partial charge in [-0.3, -0.25) is 4.79 Å². The highest BCUT2D eigenvalue weighted by Crippen LogP contribution is 2.18. The lowest BCUT2D eigenvalue weighted by atomic mass is 10.2. The minimum absolute atomic E-state index is 0.131. The van der Waals surface area contributed by atoms with Gasteiger partial charge in [0.2, 0.25) is 0 Å². The van der Waals surface area contributed by atoms with Crippen molar-refractivity contribution in [3.8, 4) is 0 Å². The molecule has 0 bridgehead atoms. The number of para-hydroxylation sites is 2. The average Bonchev–Trinajstić information content (AvgIpc) is 3.06. The first-order valence-corrected chi connectivity index (χ1v) is 9.60. The molecule has 4 rings (SSSR count). The summed E-state index contributed by atoms with van der Waals surface area (Å²) in [4.78, 5) is 17.1. The third-order valence-corrected chi connectivity index (χ3v) is 4.87. The van der Waals surface area contributed by atoms with Gasteiger partial charge >= 0.3 is 0 Å². The molecule has 4 nitrogen and oxygen atoms in total. The van der Waals surface area contributed by atoms with E-state index in [0.717, 1.165) is 23.4 Å². The van der Waals surface area contributed by atoms with Crippen molar-refractivity contribution < 1.29 is 4.79 Å². The molecule has 0 fully saturated rings. The van der Waals surface area contributed by atoms with Gasteiger partial charge in [0.25, 0.3) is 5.91 Å². The van der Waals surface area contributed by atoms with E-state index in [1.54, 1.807) is 24.3 Å². The zero-order valence-electron chi connectivity index (χ0n) is 15.3. The van der Waals surface area contributed by atoms with Crippen LogP contribution in [-0.4, -0.2) is 22.0 Å². The highest BCUT2D eigenvalue weighted by atomic mass is 35.5. The molecule has 140 valence electrons. The zero-order valence-corrected chi connectivity index (χ0v) is 16.1. The van der Waals surface area contributed by atoms with E-state index in [-0.39, 0.29) is 5.91 Å². The van der Waals surface area contributed by atoms with Crippen molar-refractivity contribution in [2.75, 3.05) is 6.54 Å². The molecule has 0 unspecified atom stereocenters. The summed E-state index contributed by atoms with van der Waals surface area (Å²) in [5.74, 6) is 0.824. The van der Waals surface area contributed by atoms with Crippen LogP contribution in [0.25, 0.3) is 11.0 Å². The molecule has 5 heteroatoms. The molecular formula is C23H20ClN3O. The zero-order chi connectivity index (χ0) is 19.3. The number of carbonyl (C=O) groups is 1. The molecule has 0 spiro atoms. The normalized spacial score (nSPS) is 10.9. The second-order valence-electron chi connectivity index (χ2n) is 6.60. The summed E-state index contributed by atoms with van der Waals surface area (Å²) in [7, 11) is 0. The Hall–Kier alpha value is -3.11. The summed E-state index contributed by atoms with van der Waals surface area (Å²) >= 11 is 5.97. The second kappa shape index (κ2) is 8.28. The van der Waals surface area contributed by atoms with Crippen molar-refractivity contribution in [1.29, 1.82) is 0 Å². The largest absolute Gasteiger partial charge is 0.352 e. The van der Waals surface area contributed by atoms with Crippen molar-refractivity contribution in [3.05, 3.63) is 101 Å². The molecule has 0 aliphatic heterocycles. The summed E-state index contributed by atoms with van der Waals surface area (Å²) in [5, 5.41) is 3.51. The molecule has 0 radical (unpaired) electrons. The number of nitrogens with one attached hydrogen (secondary N) is 1. The van der Waals surface area contributed by atoms with Crippen molar-refractivity contribution in [2.45, 2.75) is 13.0 Å². The lowest BCUT2D eigenvalue weighted by Gasteiger charge is -2.10. The van der Waals surface area contributed by atoms with E-state index in [1.807, 2.05) is 36.4 Å². The van der Waals surface area contributed by atoms with E-state index in [4.69, 9.17) is 16.6 Å². The minimum atomic E-state index is -0.131. The summed E-state index contributed by atoms with van der Waals surface area (Å²) in [5.41, 5.74) is 3.84. The van der Waals surface area contributed by atoms with Gasteiger partial charge < -0.3 is 9.88 Å². The standard InChI is InChI=1S/C23H20ClN3O/c24-19-10-6-9-18(15-19)23(28)25-14-13-22-26-20-11-4-5-12-21(20)27(22)16-17-7-2-1-3-8-17/h1-12,15H,13-14,16H2,(H,25,28). The smallest absolute Gasteiger partial charge is 0.251 e. The Labute approximate surface area is 168 Å². The molecule has 0 aliphatic rings. The fourth-order valence-electron chi connectivity index (χ4n) is 3.28. The first kappa shape index (κ1) is 18.3. The van der Waals surface area contributed by atoms with Gasteiger partial charge in [-0.15, -0.1) is 0 Å². The van der Waals surface area contributed by atoms with Crippen LogP contribution in [0.5, 0.6) is 0 Å². The van der Waals surface area contributed by atoms with E-state index >= 15 is 0 Å². The second-order valence-corrected chi connectivity index (χ2v) is 7.04. The van der Waals surface area contributed by atoms with Crippen molar-refractivity contribution >= 4 is 28.5 Å². The maximum atomic E-state index is 12.3. The van der Waals surface area contributed by atoms with Crippen LogP contribution in [-0.2, 0) is 13.0 Å². The van der Waals surface area contributed by atoms with Gasteiger partial charge in [-0.25, -0.2) is 4.98 Å². The lowest BCUT2D eigenvalue weighted by Crippen LogP contribution is -2.26. The SMILES string of the molecule is O=C(NCCc1nc2ccccc2n1Cc1ccccc1)c1cccc(Cl)c1. The maximum Gasteiger partial charge on any atom is 0.251 e. The van der Waals surface area contributed by atoms with Gasteiger partial charge in [-0.05, 0) is 35.9 Å². The molecule has 1 aromatic heterocycles. The molecular weight excluding hydrogens is 370 g/mol. The van der Waals surface area contributed by atoms with Crippen LogP contribution >= 0.6 is 11.6 Å². The number of amides is 1. The fraction of sp³-hybridized carbons (Fsp3) is 0.130. The van der Waals surface area contributed by atoms with Crippen LogP contribution in [0.4, 0.5) is 0 Å². The summed E-state index contributed by atoms with van der Waals surface area (Å²) in [6, 6.07) is 25.4. The molecule has 1 amide bonds. The molecule has 0 atom stereocenters. The van der Waals surface area contributed by atoms with Gasteiger partial charge in [0.1, 0.15) is 5.82 Å². The van der Waals surface area contributed by atoms with E-state index in [1.165, 1.54) is 5.56 Å². The number of hydrogen-bond donors (Lipinski definition) is 1. The number of rotatable bonds is 6. The Balaban J connectivity index is 1.51. The van der Waals surface area contributed by atoms with Gasteiger partial charge in [0, 0.05) is 30.1 Å². The summed E-state index contributed by atoms with van der Waals surface area (Å²) in [6.07, 6.45) is 0.647. The number of halogens is 1. The van der Waals surface area contributed by atoms with Gasteiger partial charge in [0.05, 0.1) is 11.0 Å². The molecule has 0 aliphatic carbocycles. The number of carbonyl (C=O) groups excluding carboxylic acids is 1. The highest BCUT2D eigenvalue weighted by Gasteiger charge is 2.12.